The number of hydrogen-bond donors (Lipinski definition) is 1. The molecule has 0 aliphatic heterocycles. The molecule has 0 fully saturated rings. The van der Waals surface area contributed by atoms with Crippen LogP contribution in [0, 0.1) is 0 Å². The lowest BCUT2D eigenvalue weighted by atomic mass is 9.98. The second-order valence-corrected chi connectivity index (χ2v) is 6.49. The van der Waals surface area contributed by atoms with E-state index in [1.165, 1.54) is 6.92 Å². The minimum absolute atomic E-state index is 0.0353. The van der Waals surface area contributed by atoms with Crippen LogP contribution in [-0.4, -0.2) is 17.8 Å². The highest BCUT2D eigenvalue weighted by atomic mass is 16.5. The summed E-state index contributed by atoms with van der Waals surface area (Å²) in [5.41, 5.74) is 2.28. The molecule has 4 heteroatoms. The number of para-hydroxylation sites is 1. The average Bonchev–Trinajstić information content (AvgIpc) is 2.65. The maximum absolute atomic E-state index is 12.7. The fourth-order valence-electron chi connectivity index (χ4n) is 2.73. The molecule has 0 bridgehead atoms. The van der Waals surface area contributed by atoms with E-state index in [-0.39, 0.29) is 11.7 Å². The molecule has 0 heterocycles. The summed E-state index contributed by atoms with van der Waals surface area (Å²) in [5.74, 6) is 0.861. The van der Waals surface area contributed by atoms with E-state index >= 15 is 0 Å². The van der Waals surface area contributed by atoms with E-state index in [0.29, 0.717) is 23.6 Å². The highest BCUT2D eigenvalue weighted by molar-refractivity contribution is 5.98. The van der Waals surface area contributed by atoms with E-state index in [9.17, 15) is 9.59 Å². The lowest BCUT2D eigenvalue weighted by Gasteiger charge is -2.21. The Labute approximate surface area is 155 Å². The quantitative estimate of drug-likeness (QED) is 0.664. The van der Waals surface area contributed by atoms with Crippen LogP contribution in [0.2, 0.25) is 0 Å². The summed E-state index contributed by atoms with van der Waals surface area (Å²) in [5, 5.41) is 2.85. The summed E-state index contributed by atoms with van der Waals surface area (Å²) >= 11 is 0. The van der Waals surface area contributed by atoms with E-state index in [1.54, 1.807) is 24.3 Å². The molecule has 0 aromatic heterocycles. The molecule has 0 spiro atoms. The number of benzene rings is 2. The van der Waals surface area contributed by atoms with Crippen LogP contribution >= 0.6 is 0 Å². The molecule has 2 rings (SSSR count). The van der Waals surface area contributed by atoms with Gasteiger partial charge in [0.25, 0.3) is 5.91 Å². The Morgan fingerprint density at radius 1 is 1.04 bits per heavy atom. The second kappa shape index (κ2) is 9.18. The van der Waals surface area contributed by atoms with Gasteiger partial charge in [0, 0.05) is 11.3 Å². The minimum atomic E-state index is -0.596. The third kappa shape index (κ3) is 4.94. The first kappa shape index (κ1) is 19.7. The van der Waals surface area contributed by atoms with E-state index in [0.717, 1.165) is 17.7 Å². The van der Waals surface area contributed by atoms with Gasteiger partial charge in [-0.05, 0) is 49.4 Å². The first-order valence-electron chi connectivity index (χ1n) is 9.13. The predicted octanol–water partition coefficient (Wildman–Crippen LogP) is 5.20. The number of nitrogens with one attached hydrogen (secondary N) is 1. The van der Waals surface area contributed by atoms with Crippen molar-refractivity contribution >= 4 is 17.4 Å². The zero-order chi connectivity index (χ0) is 19.1. The monoisotopic (exact) mass is 353 g/mol. The molecule has 2 aromatic carbocycles. The van der Waals surface area contributed by atoms with Crippen LogP contribution in [0.5, 0.6) is 5.75 Å². The third-order valence-corrected chi connectivity index (χ3v) is 4.53. The number of Topliss-reactive ketones (excluding diaryl/α,β-unsaturated/α-hetero) is 1. The molecule has 1 N–H and O–H groups in total. The molecule has 0 radical (unpaired) electrons. The summed E-state index contributed by atoms with van der Waals surface area (Å²) in [4.78, 5) is 24.2. The first-order valence-corrected chi connectivity index (χ1v) is 9.13. The summed E-state index contributed by atoms with van der Waals surface area (Å²) < 4.78 is 6.05. The van der Waals surface area contributed by atoms with Gasteiger partial charge in [-0.3, -0.25) is 9.59 Å². The number of carbonyl (C=O) groups is 2. The Kier molecular flexibility index (Phi) is 6.96. The van der Waals surface area contributed by atoms with Crippen molar-refractivity contribution in [2.24, 2.45) is 0 Å². The van der Waals surface area contributed by atoms with Crippen molar-refractivity contribution in [1.29, 1.82) is 0 Å². The van der Waals surface area contributed by atoms with Crippen LogP contribution in [0.15, 0.2) is 48.5 Å². The van der Waals surface area contributed by atoms with Gasteiger partial charge < -0.3 is 10.1 Å². The molecule has 2 aromatic rings. The lowest BCUT2D eigenvalue weighted by Crippen LogP contribution is -2.32. The van der Waals surface area contributed by atoms with Crippen LogP contribution in [0.4, 0.5) is 5.69 Å². The molecule has 4 nitrogen and oxygen atoms in total. The van der Waals surface area contributed by atoms with Gasteiger partial charge in [-0.25, -0.2) is 0 Å². The van der Waals surface area contributed by atoms with E-state index in [4.69, 9.17) is 4.74 Å². The summed E-state index contributed by atoms with van der Waals surface area (Å²) in [6.45, 7) is 7.71. The Hall–Kier alpha value is -2.62. The predicted molar refractivity (Wildman–Crippen MR) is 105 cm³/mol. The maximum atomic E-state index is 12.7. The van der Waals surface area contributed by atoms with Gasteiger partial charge in [0.1, 0.15) is 5.75 Å². The number of carbonyl (C=O) groups excluding carboxylic acids is 2. The fourth-order valence-corrected chi connectivity index (χ4v) is 2.73. The Morgan fingerprint density at radius 3 is 2.42 bits per heavy atom. The van der Waals surface area contributed by atoms with Gasteiger partial charge in [-0.15, -0.1) is 0 Å². The normalized spacial score (nSPS) is 12.9. The largest absolute Gasteiger partial charge is 0.480 e. The van der Waals surface area contributed by atoms with Crippen LogP contribution in [0.3, 0.4) is 0 Å². The van der Waals surface area contributed by atoms with E-state index in [1.807, 2.05) is 31.2 Å². The van der Waals surface area contributed by atoms with Crippen molar-refractivity contribution in [1.82, 2.24) is 0 Å². The summed E-state index contributed by atoms with van der Waals surface area (Å²) in [7, 11) is 0. The van der Waals surface area contributed by atoms with E-state index < -0.39 is 6.10 Å². The molecule has 26 heavy (non-hydrogen) atoms. The molecule has 0 aliphatic rings. The van der Waals surface area contributed by atoms with Crippen molar-refractivity contribution in [2.75, 3.05) is 5.32 Å². The average molecular weight is 353 g/mol. The van der Waals surface area contributed by atoms with Gasteiger partial charge >= 0.3 is 0 Å². The molecular weight excluding hydrogens is 326 g/mol. The van der Waals surface area contributed by atoms with Gasteiger partial charge in [0.2, 0.25) is 0 Å². The molecular formula is C22H27NO3. The van der Waals surface area contributed by atoms with Gasteiger partial charge in [-0.2, -0.15) is 0 Å². The molecule has 2 atom stereocenters. The Bertz CT molecular complexity index is 769. The molecule has 1 amide bonds. The van der Waals surface area contributed by atoms with Gasteiger partial charge in [-0.1, -0.05) is 51.1 Å². The Morgan fingerprint density at radius 2 is 1.77 bits per heavy atom. The van der Waals surface area contributed by atoms with Crippen molar-refractivity contribution in [2.45, 2.75) is 52.6 Å². The molecule has 0 aliphatic carbocycles. The fraction of sp³-hybridized carbons (Fsp3) is 0.364. The number of amides is 1. The topological polar surface area (TPSA) is 55.4 Å². The smallest absolute Gasteiger partial charge is 0.265 e. The van der Waals surface area contributed by atoms with E-state index in [2.05, 4.69) is 19.2 Å². The number of anilines is 1. The van der Waals surface area contributed by atoms with Crippen molar-refractivity contribution in [3.63, 3.8) is 0 Å². The zero-order valence-corrected chi connectivity index (χ0v) is 15.9. The zero-order valence-electron chi connectivity index (χ0n) is 15.9. The van der Waals surface area contributed by atoms with Crippen LogP contribution in [-0.2, 0) is 4.79 Å². The second-order valence-electron chi connectivity index (χ2n) is 6.49. The molecule has 0 saturated heterocycles. The minimum Gasteiger partial charge on any atom is -0.480 e. The van der Waals surface area contributed by atoms with Crippen LogP contribution in [0.25, 0.3) is 0 Å². The SMILES string of the molecule is CCC(Oc1ccccc1C(C)CC)C(=O)Nc1cccc(C(C)=O)c1. The highest BCUT2D eigenvalue weighted by Gasteiger charge is 2.21. The lowest BCUT2D eigenvalue weighted by molar-refractivity contribution is -0.122. The van der Waals surface area contributed by atoms with Crippen molar-refractivity contribution < 1.29 is 14.3 Å². The standard InChI is InChI=1S/C22H27NO3/c1-5-15(3)19-12-7-8-13-21(19)26-20(6-2)22(25)23-18-11-9-10-17(14-18)16(4)24/h7-15,20H,5-6H2,1-4H3,(H,23,25). The first-order chi connectivity index (χ1) is 12.5. The number of ketones is 1. The van der Waals surface area contributed by atoms with Crippen molar-refractivity contribution in [3.8, 4) is 5.75 Å². The number of hydrogen-bond acceptors (Lipinski definition) is 3. The maximum Gasteiger partial charge on any atom is 0.265 e. The number of ether oxygens (including phenoxy) is 1. The summed E-state index contributed by atoms with van der Waals surface area (Å²) in [6, 6.07) is 14.8. The molecule has 2 unspecified atom stereocenters. The van der Waals surface area contributed by atoms with Gasteiger partial charge in [0.15, 0.2) is 11.9 Å². The third-order valence-electron chi connectivity index (χ3n) is 4.53. The van der Waals surface area contributed by atoms with Crippen LogP contribution in [0.1, 0.15) is 62.4 Å². The molecule has 138 valence electrons. The highest BCUT2D eigenvalue weighted by Crippen LogP contribution is 2.29. The molecule has 0 saturated carbocycles. The van der Waals surface area contributed by atoms with Crippen LogP contribution < -0.4 is 10.1 Å². The summed E-state index contributed by atoms with van der Waals surface area (Å²) in [6.07, 6.45) is 0.954. The van der Waals surface area contributed by atoms with Crippen molar-refractivity contribution in [3.05, 3.63) is 59.7 Å². The Balaban J connectivity index is 2.15. The van der Waals surface area contributed by atoms with Gasteiger partial charge in [0.05, 0.1) is 0 Å². The number of rotatable bonds is 8.